The van der Waals surface area contributed by atoms with E-state index in [2.05, 4.69) is 20.4 Å². The zero-order valence-electron chi connectivity index (χ0n) is 16.2. The molecule has 2 aromatic rings. The van der Waals surface area contributed by atoms with Crippen molar-refractivity contribution in [2.24, 2.45) is 5.92 Å². The second kappa shape index (κ2) is 8.30. The molecule has 2 aliphatic rings. The van der Waals surface area contributed by atoms with E-state index in [9.17, 15) is 4.79 Å². The highest BCUT2D eigenvalue weighted by Crippen LogP contribution is 2.27. The fourth-order valence-electron chi connectivity index (χ4n) is 4.48. The molecule has 2 N–H and O–H groups in total. The SMILES string of the molecule is Cc1ccc(-c2cc(C(=O)N[C@@H]3CCCC[C@H]3CN3CCCCC3)n[nH]2)o1. The van der Waals surface area contributed by atoms with Gasteiger partial charge in [-0.2, -0.15) is 5.10 Å². The van der Waals surface area contributed by atoms with E-state index in [1.165, 1.54) is 51.6 Å². The van der Waals surface area contributed by atoms with Crippen LogP contribution in [0.5, 0.6) is 0 Å². The van der Waals surface area contributed by atoms with Gasteiger partial charge >= 0.3 is 0 Å². The van der Waals surface area contributed by atoms with Crippen molar-refractivity contribution in [3.05, 3.63) is 29.7 Å². The van der Waals surface area contributed by atoms with Gasteiger partial charge in [-0.25, -0.2) is 0 Å². The molecular weight excluding hydrogens is 340 g/mol. The fourth-order valence-corrected chi connectivity index (χ4v) is 4.48. The van der Waals surface area contributed by atoms with Gasteiger partial charge in [0.25, 0.3) is 5.91 Å². The molecule has 0 bridgehead atoms. The molecule has 1 saturated heterocycles. The lowest BCUT2D eigenvalue weighted by Gasteiger charge is -2.37. The van der Waals surface area contributed by atoms with Gasteiger partial charge in [0.15, 0.2) is 11.5 Å². The molecule has 1 saturated carbocycles. The molecule has 2 fully saturated rings. The number of furan rings is 1. The molecule has 0 radical (unpaired) electrons. The number of hydrogen-bond acceptors (Lipinski definition) is 4. The highest BCUT2D eigenvalue weighted by molar-refractivity contribution is 5.93. The van der Waals surface area contributed by atoms with Gasteiger partial charge in [-0.1, -0.05) is 19.3 Å². The Morgan fingerprint density at radius 1 is 1.22 bits per heavy atom. The Morgan fingerprint density at radius 2 is 2.04 bits per heavy atom. The van der Waals surface area contributed by atoms with Crippen molar-refractivity contribution in [3.63, 3.8) is 0 Å². The first-order valence-corrected chi connectivity index (χ1v) is 10.3. The number of H-pyrrole nitrogens is 1. The smallest absolute Gasteiger partial charge is 0.272 e. The predicted molar refractivity (Wildman–Crippen MR) is 105 cm³/mol. The van der Waals surface area contributed by atoms with Gasteiger partial charge in [-0.05, 0) is 63.7 Å². The largest absolute Gasteiger partial charge is 0.460 e. The fraction of sp³-hybridized carbons (Fsp3) is 0.619. The van der Waals surface area contributed by atoms with Crippen LogP contribution in [-0.4, -0.2) is 46.7 Å². The van der Waals surface area contributed by atoms with Crippen LogP contribution in [0.15, 0.2) is 22.6 Å². The van der Waals surface area contributed by atoms with E-state index in [0.717, 1.165) is 24.4 Å². The van der Waals surface area contributed by atoms with Gasteiger partial charge in [-0.15, -0.1) is 0 Å². The molecule has 1 aliphatic heterocycles. The van der Waals surface area contributed by atoms with E-state index in [1.54, 1.807) is 6.07 Å². The van der Waals surface area contributed by atoms with Crippen LogP contribution in [0.2, 0.25) is 0 Å². The molecule has 0 spiro atoms. The summed E-state index contributed by atoms with van der Waals surface area (Å²) in [5, 5.41) is 10.4. The van der Waals surface area contributed by atoms with Crippen LogP contribution in [0.4, 0.5) is 0 Å². The number of carbonyl (C=O) groups is 1. The minimum atomic E-state index is -0.0867. The van der Waals surface area contributed by atoms with E-state index >= 15 is 0 Å². The molecule has 2 aromatic heterocycles. The standard InChI is InChI=1S/C21H30N4O2/c1-15-9-10-20(27-15)18-13-19(24-23-18)21(26)22-17-8-4-3-7-16(17)14-25-11-5-2-6-12-25/h9-10,13,16-17H,2-8,11-12,14H2,1H3,(H,22,26)(H,23,24)/t16-,17+/m0/s1. The Morgan fingerprint density at radius 3 is 2.81 bits per heavy atom. The van der Waals surface area contributed by atoms with E-state index in [0.29, 0.717) is 17.4 Å². The normalized spacial score (nSPS) is 24.0. The Labute approximate surface area is 160 Å². The number of likely N-dealkylation sites (tertiary alicyclic amines) is 1. The summed E-state index contributed by atoms with van der Waals surface area (Å²) in [4.78, 5) is 15.4. The molecule has 146 valence electrons. The molecule has 27 heavy (non-hydrogen) atoms. The van der Waals surface area contributed by atoms with Crippen LogP contribution >= 0.6 is 0 Å². The van der Waals surface area contributed by atoms with Crippen LogP contribution in [0.1, 0.15) is 61.2 Å². The number of amides is 1. The second-order valence-corrected chi connectivity index (χ2v) is 8.06. The number of nitrogens with zero attached hydrogens (tertiary/aromatic N) is 2. The number of piperidine rings is 1. The lowest BCUT2D eigenvalue weighted by Crippen LogP contribution is -2.47. The van der Waals surface area contributed by atoms with Gasteiger partial charge in [-0.3, -0.25) is 9.89 Å². The third-order valence-electron chi connectivity index (χ3n) is 5.98. The molecule has 0 unspecified atom stereocenters. The molecule has 1 amide bonds. The Kier molecular flexibility index (Phi) is 5.62. The topological polar surface area (TPSA) is 74.2 Å². The summed E-state index contributed by atoms with van der Waals surface area (Å²) in [7, 11) is 0. The lowest BCUT2D eigenvalue weighted by atomic mass is 9.83. The maximum absolute atomic E-state index is 12.8. The molecule has 6 nitrogen and oxygen atoms in total. The number of aromatic amines is 1. The molecule has 1 aliphatic carbocycles. The zero-order chi connectivity index (χ0) is 18.6. The van der Waals surface area contributed by atoms with Crippen LogP contribution in [-0.2, 0) is 0 Å². The average Bonchev–Trinajstić information content (AvgIpc) is 3.33. The van der Waals surface area contributed by atoms with Crippen molar-refractivity contribution in [2.75, 3.05) is 19.6 Å². The van der Waals surface area contributed by atoms with E-state index in [-0.39, 0.29) is 11.9 Å². The van der Waals surface area contributed by atoms with Gasteiger partial charge < -0.3 is 14.6 Å². The predicted octanol–water partition coefficient (Wildman–Crippen LogP) is 3.75. The van der Waals surface area contributed by atoms with Gasteiger partial charge in [0.05, 0.1) is 0 Å². The van der Waals surface area contributed by atoms with Gasteiger partial charge in [0.2, 0.25) is 0 Å². The Bertz CT molecular complexity index is 760. The van der Waals surface area contributed by atoms with E-state index in [1.807, 2.05) is 19.1 Å². The summed E-state index contributed by atoms with van der Waals surface area (Å²) >= 11 is 0. The quantitative estimate of drug-likeness (QED) is 0.840. The average molecular weight is 370 g/mol. The lowest BCUT2D eigenvalue weighted by molar-refractivity contribution is 0.0872. The number of aromatic nitrogens is 2. The number of nitrogens with one attached hydrogen (secondary N) is 2. The number of aryl methyl sites for hydroxylation is 1. The van der Waals surface area contributed by atoms with Crippen molar-refractivity contribution in [3.8, 4) is 11.5 Å². The molecule has 4 rings (SSSR count). The van der Waals surface area contributed by atoms with Crippen molar-refractivity contribution >= 4 is 5.91 Å². The number of rotatable bonds is 5. The summed E-state index contributed by atoms with van der Waals surface area (Å²) in [5.74, 6) is 2.01. The first kappa shape index (κ1) is 18.3. The van der Waals surface area contributed by atoms with Crippen molar-refractivity contribution in [1.82, 2.24) is 20.4 Å². The first-order valence-electron chi connectivity index (χ1n) is 10.3. The minimum Gasteiger partial charge on any atom is -0.460 e. The van der Waals surface area contributed by atoms with Crippen molar-refractivity contribution in [1.29, 1.82) is 0 Å². The van der Waals surface area contributed by atoms with Crippen LogP contribution in [0.25, 0.3) is 11.5 Å². The number of carbonyl (C=O) groups excluding carboxylic acids is 1. The minimum absolute atomic E-state index is 0.0867. The Balaban J connectivity index is 1.39. The van der Waals surface area contributed by atoms with Crippen LogP contribution < -0.4 is 5.32 Å². The second-order valence-electron chi connectivity index (χ2n) is 8.06. The maximum atomic E-state index is 12.8. The number of hydrogen-bond donors (Lipinski definition) is 2. The van der Waals surface area contributed by atoms with Gasteiger partial charge in [0.1, 0.15) is 11.5 Å². The summed E-state index contributed by atoms with van der Waals surface area (Å²) in [6, 6.07) is 5.82. The van der Waals surface area contributed by atoms with Crippen LogP contribution in [0, 0.1) is 12.8 Å². The highest BCUT2D eigenvalue weighted by Gasteiger charge is 2.29. The summed E-state index contributed by atoms with van der Waals surface area (Å²) in [5.41, 5.74) is 1.17. The third-order valence-corrected chi connectivity index (χ3v) is 5.98. The van der Waals surface area contributed by atoms with E-state index in [4.69, 9.17) is 4.42 Å². The molecule has 3 heterocycles. The van der Waals surface area contributed by atoms with E-state index < -0.39 is 0 Å². The highest BCUT2D eigenvalue weighted by atomic mass is 16.3. The summed E-state index contributed by atoms with van der Waals surface area (Å²) in [6.45, 7) is 5.44. The van der Waals surface area contributed by atoms with Gasteiger partial charge in [0, 0.05) is 18.7 Å². The maximum Gasteiger partial charge on any atom is 0.272 e. The molecule has 2 atom stereocenters. The first-order chi connectivity index (χ1) is 13.2. The summed E-state index contributed by atoms with van der Waals surface area (Å²) < 4.78 is 5.61. The molecule has 6 heteroatoms. The zero-order valence-corrected chi connectivity index (χ0v) is 16.2. The monoisotopic (exact) mass is 370 g/mol. The molecule has 0 aromatic carbocycles. The third kappa shape index (κ3) is 4.43. The summed E-state index contributed by atoms with van der Waals surface area (Å²) in [6.07, 6.45) is 8.72. The van der Waals surface area contributed by atoms with Crippen molar-refractivity contribution < 1.29 is 9.21 Å². The Hall–Kier alpha value is -2.08. The molecular formula is C21H30N4O2. The van der Waals surface area contributed by atoms with Crippen LogP contribution in [0.3, 0.4) is 0 Å². The van der Waals surface area contributed by atoms with Crippen molar-refractivity contribution in [2.45, 2.75) is 57.9 Å².